The van der Waals surface area contributed by atoms with Gasteiger partial charge in [-0.1, -0.05) is 54.1 Å². The molecule has 0 N–H and O–H groups in total. The summed E-state index contributed by atoms with van der Waals surface area (Å²) >= 11 is 5.90. The molecule has 0 bridgehead atoms. The van der Waals surface area contributed by atoms with Gasteiger partial charge in [0.1, 0.15) is 0 Å². The van der Waals surface area contributed by atoms with Gasteiger partial charge in [-0.15, -0.1) is 0 Å². The van der Waals surface area contributed by atoms with Crippen LogP contribution < -0.4 is 0 Å². The van der Waals surface area contributed by atoms with Crippen molar-refractivity contribution in [2.75, 3.05) is 5.75 Å². The van der Waals surface area contributed by atoms with Crippen LogP contribution in [-0.2, 0) is 9.84 Å². The van der Waals surface area contributed by atoms with Gasteiger partial charge in [-0.2, -0.15) is 0 Å². The van der Waals surface area contributed by atoms with Gasteiger partial charge in [0.2, 0.25) is 0 Å². The molecule has 2 aromatic rings. The van der Waals surface area contributed by atoms with E-state index in [1.807, 2.05) is 6.07 Å². The zero-order valence-corrected chi connectivity index (χ0v) is 12.9. The number of carbonyl (C=O) groups is 1. The van der Waals surface area contributed by atoms with E-state index >= 15 is 0 Å². The van der Waals surface area contributed by atoms with E-state index in [9.17, 15) is 13.2 Å². The minimum Gasteiger partial charge on any atom is -0.294 e. The molecule has 0 aromatic heterocycles. The van der Waals surface area contributed by atoms with E-state index in [0.29, 0.717) is 5.56 Å². The number of ketones is 1. The second kappa shape index (κ2) is 6.87. The summed E-state index contributed by atoms with van der Waals surface area (Å²) in [6, 6.07) is 15.2. The van der Waals surface area contributed by atoms with E-state index in [1.54, 1.807) is 42.5 Å². The van der Waals surface area contributed by atoms with Gasteiger partial charge >= 0.3 is 0 Å². The molecule has 0 saturated carbocycles. The third-order valence-electron chi connectivity index (χ3n) is 3.08. The molecule has 5 heteroatoms. The third-order valence-corrected chi connectivity index (χ3v) is 5.38. The Morgan fingerprint density at radius 1 is 0.952 bits per heavy atom. The first-order chi connectivity index (χ1) is 10.0. The van der Waals surface area contributed by atoms with Crippen molar-refractivity contribution in [1.82, 2.24) is 0 Å². The fourth-order valence-electron chi connectivity index (χ4n) is 2.00. The van der Waals surface area contributed by atoms with Gasteiger partial charge in [-0.05, 0) is 18.6 Å². The number of rotatable bonds is 6. The molecule has 2 aromatic carbocycles. The van der Waals surface area contributed by atoms with Crippen LogP contribution in [0, 0.1) is 0 Å². The number of Topliss-reactive ketones (excluding diaryl/α,β-unsaturated/α-hetero) is 1. The Hall–Kier alpha value is -1.65. The predicted molar refractivity (Wildman–Crippen MR) is 83.5 cm³/mol. The van der Waals surface area contributed by atoms with Gasteiger partial charge in [0.15, 0.2) is 15.6 Å². The summed E-state index contributed by atoms with van der Waals surface area (Å²) in [4.78, 5) is 12.0. The molecule has 0 aliphatic carbocycles. The zero-order chi connectivity index (χ0) is 15.3. The Morgan fingerprint density at radius 2 is 1.57 bits per heavy atom. The number of hydrogen-bond acceptors (Lipinski definition) is 3. The molecule has 0 aliphatic heterocycles. The van der Waals surface area contributed by atoms with Crippen LogP contribution in [0.3, 0.4) is 0 Å². The van der Waals surface area contributed by atoms with Crippen molar-refractivity contribution in [3.8, 4) is 0 Å². The van der Waals surface area contributed by atoms with E-state index in [0.717, 1.165) is 0 Å². The molecule has 0 radical (unpaired) electrons. The highest BCUT2D eigenvalue weighted by atomic mass is 35.5. The molecule has 110 valence electrons. The zero-order valence-electron chi connectivity index (χ0n) is 11.3. The molecule has 0 aliphatic rings. The highest BCUT2D eigenvalue weighted by molar-refractivity contribution is 7.91. The number of hydrogen-bond donors (Lipinski definition) is 0. The summed E-state index contributed by atoms with van der Waals surface area (Å²) in [7, 11) is -3.45. The van der Waals surface area contributed by atoms with Crippen LogP contribution in [0.2, 0.25) is 5.02 Å². The maximum Gasteiger partial charge on any atom is 0.179 e. The second-order valence-corrected chi connectivity index (χ2v) is 7.13. The summed E-state index contributed by atoms with van der Waals surface area (Å²) in [6.45, 7) is 0. The fourth-order valence-corrected chi connectivity index (χ4v) is 3.88. The van der Waals surface area contributed by atoms with Crippen LogP contribution >= 0.6 is 11.6 Å². The van der Waals surface area contributed by atoms with Crippen LogP contribution in [0.15, 0.2) is 59.5 Å². The van der Waals surface area contributed by atoms with Gasteiger partial charge < -0.3 is 0 Å². The van der Waals surface area contributed by atoms with Crippen molar-refractivity contribution in [3.63, 3.8) is 0 Å². The fraction of sp³-hybridized carbons (Fsp3) is 0.188. The maximum absolute atomic E-state index is 12.2. The van der Waals surface area contributed by atoms with Crippen LogP contribution in [0.1, 0.15) is 23.2 Å². The molecule has 0 heterocycles. The van der Waals surface area contributed by atoms with Gasteiger partial charge in [0.05, 0.1) is 15.7 Å². The molecule has 0 atom stereocenters. The lowest BCUT2D eigenvalue weighted by molar-refractivity contribution is 0.0982. The average Bonchev–Trinajstić information content (AvgIpc) is 2.48. The summed E-state index contributed by atoms with van der Waals surface area (Å²) in [5.74, 6) is -0.139. The minimum absolute atomic E-state index is 0.0510. The Bertz CT molecular complexity index is 724. The highest BCUT2D eigenvalue weighted by Crippen LogP contribution is 2.22. The SMILES string of the molecule is O=C(CCCS(=O)(=O)c1ccccc1Cl)c1ccccc1. The van der Waals surface area contributed by atoms with E-state index in [2.05, 4.69) is 0 Å². The highest BCUT2D eigenvalue weighted by Gasteiger charge is 2.18. The van der Waals surface area contributed by atoms with E-state index in [4.69, 9.17) is 11.6 Å². The minimum atomic E-state index is -3.45. The summed E-state index contributed by atoms with van der Waals surface area (Å²) in [5, 5.41) is 0.215. The second-order valence-electron chi connectivity index (χ2n) is 4.64. The lowest BCUT2D eigenvalue weighted by Gasteiger charge is -2.06. The molecular formula is C16H15ClO3S. The van der Waals surface area contributed by atoms with Crippen molar-refractivity contribution in [2.24, 2.45) is 0 Å². The number of sulfone groups is 1. The lowest BCUT2D eigenvalue weighted by atomic mass is 10.1. The first-order valence-electron chi connectivity index (χ1n) is 6.56. The Labute approximate surface area is 129 Å². The Morgan fingerprint density at radius 3 is 2.24 bits per heavy atom. The van der Waals surface area contributed by atoms with Crippen molar-refractivity contribution in [2.45, 2.75) is 17.7 Å². The summed E-state index contributed by atoms with van der Waals surface area (Å²) < 4.78 is 24.4. The quantitative estimate of drug-likeness (QED) is 0.760. The van der Waals surface area contributed by atoms with Crippen LogP contribution in [0.5, 0.6) is 0 Å². The molecule has 0 fully saturated rings. The number of carbonyl (C=O) groups excluding carboxylic acids is 1. The van der Waals surface area contributed by atoms with E-state index < -0.39 is 9.84 Å². The molecule has 0 spiro atoms. The normalized spacial score (nSPS) is 11.3. The first-order valence-corrected chi connectivity index (χ1v) is 8.59. The average molecular weight is 323 g/mol. The molecule has 0 saturated heterocycles. The van der Waals surface area contributed by atoms with Gasteiger partial charge in [-0.25, -0.2) is 8.42 Å². The molecule has 0 unspecified atom stereocenters. The topological polar surface area (TPSA) is 51.2 Å². The van der Waals surface area contributed by atoms with E-state index in [1.165, 1.54) is 6.07 Å². The summed E-state index contributed by atoms with van der Waals surface area (Å²) in [6.07, 6.45) is 0.481. The maximum atomic E-state index is 12.2. The standard InChI is InChI=1S/C16H15ClO3S/c17-14-9-4-5-11-16(14)21(19,20)12-6-10-15(18)13-7-2-1-3-8-13/h1-5,7-9,11H,6,10,12H2. The predicted octanol–water partition coefficient (Wildman–Crippen LogP) is 3.78. The van der Waals surface area contributed by atoms with Crippen molar-refractivity contribution >= 4 is 27.2 Å². The van der Waals surface area contributed by atoms with Gasteiger partial charge in [0.25, 0.3) is 0 Å². The molecule has 2 rings (SSSR count). The van der Waals surface area contributed by atoms with Crippen LogP contribution in [0.25, 0.3) is 0 Å². The van der Waals surface area contributed by atoms with E-state index in [-0.39, 0.29) is 34.3 Å². The molecule has 21 heavy (non-hydrogen) atoms. The van der Waals surface area contributed by atoms with Crippen molar-refractivity contribution < 1.29 is 13.2 Å². The first kappa shape index (κ1) is 15.7. The molecule has 0 amide bonds. The molecule has 3 nitrogen and oxygen atoms in total. The van der Waals surface area contributed by atoms with Gasteiger partial charge in [0, 0.05) is 12.0 Å². The summed E-state index contributed by atoms with van der Waals surface area (Å²) in [5.41, 5.74) is 0.604. The Balaban J connectivity index is 1.97. The number of halogens is 1. The third kappa shape index (κ3) is 4.16. The number of benzene rings is 2. The molecular weight excluding hydrogens is 308 g/mol. The smallest absolute Gasteiger partial charge is 0.179 e. The largest absolute Gasteiger partial charge is 0.294 e. The van der Waals surface area contributed by atoms with Crippen LogP contribution in [0.4, 0.5) is 0 Å². The lowest BCUT2D eigenvalue weighted by Crippen LogP contribution is -2.09. The van der Waals surface area contributed by atoms with Crippen molar-refractivity contribution in [3.05, 3.63) is 65.2 Å². The monoisotopic (exact) mass is 322 g/mol. The van der Waals surface area contributed by atoms with Gasteiger partial charge in [-0.3, -0.25) is 4.79 Å². The van der Waals surface area contributed by atoms with Crippen molar-refractivity contribution in [1.29, 1.82) is 0 Å². The Kier molecular flexibility index (Phi) is 5.15. The van der Waals surface area contributed by atoms with Crippen LogP contribution in [-0.4, -0.2) is 20.0 Å².